The molecule has 1 atom stereocenters. The molecule has 0 bridgehead atoms. The molecule has 6 heteroatoms. The lowest BCUT2D eigenvalue weighted by Crippen LogP contribution is -2.31. The van der Waals surface area contributed by atoms with Crippen LogP contribution in [0.2, 0.25) is 0 Å². The largest absolute Gasteiger partial charge is 0.496 e. The van der Waals surface area contributed by atoms with Crippen molar-refractivity contribution < 1.29 is 9.53 Å². The van der Waals surface area contributed by atoms with E-state index in [-0.39, 0.29) is 11.9 Å². The van der Waals surface area contributed by atoms with Gasteiger partial charge in [0.05, 0.1) is 23.6 Å². The van der Waals surface area contributed by atoms with Crippen molar-refractivity contribution in [3.05, 3.63) is 65.3 Å². The molecule has 0 radical (unpaired) electrons. The maximum atomic E-state index is 13.0. The van der Waals surface area contributed by atoms with E-state index in [9.17, 15) is 4.79 Å². The highest BCUT2D eigenvalue weighted by Crippen LogP contribution is 2.37. The highest BCUT2D eigenvalue weighted by molar-refractivity contribution is 7.13. The first-order chi connectivity index (χ1) is 12.8. The van der Waals surface area contributed by atoms with Gasteiger partial charge in [0, 0.05) is 24.5 Å². The highest BCUT2D eigenvalue weighted by atomic mass is 32.1. The van der Waals surface area contributed by atoms with E-state index in [0.29, 0.717) is 11.4 Å². The van der Waals surface area contributed by atoms with Crippen molar-refractivity contribution in [3.63, 3.8) is 0 Å². The first-order valence-corrected chi connectivity index (χ1v) is 9.45. The third-order valence-electron chi connectivity index (χ3n) is 4.65. The molecule has 2 aromatic heterocycles. The van der Waals surface area contributed by atoms with E-state index >= 15 is 0 Å². The number of hydrogen-bond donors (Lipinski definition) is 0. The summed E-state index contributed by atoms with van der Waals surface area (Å²) in [6.45, 7) is 0.730. The molecule has 0 saturated carbocycles. The Bertz CT molecular complexity index is 894. The molecule has 0 aliphatic carbocycles. The third-order valence-corrected chi connectivity index (χ3v) is 5.52. The van der Waals surface area contributed by atoms with Gasteiger partial charge in [0.25, 0.3) is 5.91 Å². The summed E-state index contributed by atoms with van der Waals surface area (Å²) in [6, 6.07) is 11.9. The Balaban J connectivity index is 1.59. The Morgan fingerprint density at radius 1 is 1.19 bits per heavy atom. The molecule has 3 aromatic rings. The van der Waals surface area contributed by atoms with Crippen LogP contribution in [0.5, 0.6) is 5.75 Å². The van der Waals surface area contributed by atoms with Crippen LogP contribution in [-0.2, 0) is 0 Å². The minimum absolute atomic E-state index is 0.0237. The molecule has 0 spiro atoms. The number of nitrogens with zero attached hydrogens (tertiary/aromatic N) is 3. The molecule has 1 aliphatic rings. The van der Waals surface area contributed by atoms with E-state index in [4.69, 9.17) is 4.74 Å². The molecular formula is C20H19N3O2S. The quantitative estimate of drug-likeness (QED) is 0.696. The Hall–Kier alpha value is -2.73. The van der Waals surface area contributed by atoms with Gasteiger partial charge in [0.2, 0.25) is 0 Å². The van der Waals surface area contributed by atoms with Gasteiger partial charge < -0.3 is 9.64 Å². The molecular weight excluding hydrogens is 346 g/mol. The van der Waals surface area contributed by atoms with Crippen molar-refractivity contribution >= 4 is 17.2 Å². The molecule has 1 fully saturated rings. The van der Waals surface area contributed by atoms with Gasteiger partial charge >= 0.3 is 0 Å². The van der Waals surface area contributed by atoms with Crippen molar-refractivity contribution in [1.29, 1.82) is 0 Å². The number of carbonyl (C=O) groups is 1. The zero-order valence-corrected chi connectivity index (χ0v) is 15.3. The lowest BCUT2D eigenvalue weighted by atomic mass is 10.0. The van der Waals surface area contributed by atoms with Gasteiger partial charge in [-0.1, -0.05) is 24.3 Å². The van der Waals surface area contributed by atoms with Gasteiger partial charge in [0.15, 0.2) is 5.82 Å². The predicted molar refractivity (Wildman–Crippen MR) is 101 cm³/mol. The molecule has 0 N–H and O–H groups in total. The van der Waals surface area contributed by atoms with Crippen molar-refractivity contribution in [1.82, 2.24) is 14.9 Å². The van der Waals surface area contributed by atoms with Gasteiger partial charge in [-0.2, -0.15) is 0 Å². The van der Waals surface area contributed by atoms with E-state index in [1.54, 1.807) is 30.8 Å². The lowest BCUT2D eigenvalue weighted by molar-refractivity contribution is 0.0733. The van der Waals surface area contributed by atoms with Gasteiger partial charge in [-0.3, -0.25) is 4.79 Å². The van der Waals surface area contributed by atoms with Gasteiger partial charge in [-0.15, -0.1) is 11.3 Å². The SMILES string of the molecule is COc1ccccc1[C@@H]1CCCN1C(=O)c1cnc(-c2cccs2)nc1. The summed E-state index contributed by atoms with van der Waals surface area (Å²) in [5, 5.41) is 1.99. The number of benzene rings is 1. The average molecular weight is 365 g/mol. The van der Waals surface area contributed by atoms with Crippen LogP contribution in [0.3, 0.4) is 0 Å². The summed E-state index contributed by atoms with van der Waals surface area (Å²) in [7, 11) is 1.66. The van der Waals surface area contributed by atoms with Crippen molar-refractivity contribution in [2.24, 2.45) is 0 Å². The number of ether oxygens (including phenoxy) is 1. The minimum Gasteiger partial charge on any atom is -0.496 e. The van der Waals surface area contributed by atoms with Crippen LogP contribution in [0.15, 0.2) is 54.2 Å². The van der Waals surface area contributed by atoms with E-state index < -0.39 is 0 Å². The van der Waals surface area contributed by atoms with Crippen molar-refractivity contribution in [2.75, 3.05) is 13.7 Å². The molecule has 1 amide bonds. The zero-order valence-electron chi connectivity index (χ0n) is 14.5. The topological polar surface area (TPSA) is 55.3 Å². The van der Waals surface area contributed by atoms with Gasteiger partial charge in [-0.25, -0.2) is 9.97 Å². The van der Waals surface area contributed by atoms with Gasteiger partial charge in [0.1, 0.15) is 5.75 Å². The van der Waals surface area contributed by atoms with E-state index in [1.165, 1.54) is 0 Å². The summed E-state index contributed by atoms with van der Waals surface area (Å²) in [5.74, 6) is 1.44. The summed E-state index contributed by atoms with van der Waals surface area (Å²) in [4.78, 5) is 24.7. The zero-order chi connectivity index (χ0) is 17.9. The highest BCUT2D eigenvalue weighted by Gasteiger charge is 2.32. The fourth-order valence-electron chi connectivity index (χ4n) is 3.41. The van der Waals surface area contributed by atoms with Crippen LogP contribution in [-0.4, -0.2) is 34.4 Å². The van der Waals surface area contributed by atoms with Crippen LogP contribution >= 0.6 is 11.3 Å². The third kappa shape index (κ3) is 3.08. The molecule has 26 heavy (non-hydrogen) atoms. The number of likely N-dealkylation sites (tertiary alicyclic amines) is 1. The number of hydrogen-bond acceptors (Lipinski definition) is 5. The van der Waals surface area contributed by atoms with Crippen molar-refractivity contribution in [3.8, 4) is 16.5 Å². The number of amides is 1. The van der Waals surface area contributed by atoms with Crippen LogP contribution in [0.25, 0.3) is 10.7 Å². The lowest BCUT2D eigenvalue weighted by Gasteiger charge is -2.26. The first kappa shape index (κ1) is 16.7. The number of aromatic nitrogens is 2. The molecule has 5 nitrogen and oxygen atoms in total. The fraction of sp³-hybridized carbons (Fsp3) is 0.250. The predicted octanol–water partition coefficient (Wildman–Crippen LogP) is 4.19. The van der Waals surface area contributed by atoms with Crippen LogP contribution in [0, 0.1) is 0 Å². The van der Waals surface area contributed by atoms with E-state index in [1.807, 2.05) is 46.7 Å². The molecule has 1 aromatic carbocycles. The number of carbonyl (C=O) groups excluding carboxylic acids is 1. The summed E-state index contributed by atoms with van der Waals surface area (Å²) >= 11 is 1.58. The molecule has 1 aliphatic heterocycles. The summed E-state index contributed by atoms with van der Waals surface area (Å²) in [6.07, 6.45) is 5.16. The smallest absolute Gasteiger partial charge is 0.257 e. The number of para-hydroxylation sites is 1. The molecule has 1 saturated heterocycles. The Morgan fingerprint density at radius 2 is 2.00 bits per heavy atom. The van der Waals surface area contributed by atoms with Crippen LogP contribution < -0.4 is 4.74 Å². The second-order valence-corrected chi connectivity index (χ2v) is 7.12. The van der Waals surface area contributed by atoms with E-state index in [0.717, 1.165) is 35.6 Å². The summed E-state index contributed by atoms with van der Waals surface area (Å²) in [5.41, 5.74) is 1.57. The summed E-state index contributed by atoms with van der Waals surface area (Å²) < 4.78 is 5.49. The van der Waals surface area contributed by atoms with Gasteiger partial charge in [-0.05, 0) is 30.4 Å². The average Bonchev–Trinajstić information content (AvgIpc) is 3.39. The monoisotopic (exact) mass is 365 g/mol. The fourth-order valence-corrected chi connectivity index (χ4v) is 4.08. The molecule has 132 valence electrons. The second-order valence-electron chi connectivity index (χ2n) is 6.17. The number of rotatable bonds is 4. The maximum absolute atomic E-state index is 13.0. The molecule has 4 rings (SSSR count). The molecule has 0 unspecified atom stereocenters. The standard InChI is InChI=1S/C20H19N3O2S/c1-25-17-8-3-2-6-15(17)16-7-4-10-23(16)20(24)14-12-21-19(22-13-14)18-9-5-11-26-18/h2-3,5-6,8-9,11-13,16H,4,7,10H2,1H3/t16-/m0/s1. The molecule has 3 heterocycles. The van der Waals surface area contributed by atoms with Crippen LogP contribution in [0.4, 0.5) is 0 Å². The van der Waals surface area contributed by atoms with E-state index in [2.05, 4.69) is 9.97 Å². The van der Waals surface area contributed by atoms with Crippen molar-refractivity contribution in [2.45, 2.75) is 18.9 Å². The minimum atomic E-state index is -0.0314. The second kappa shape index (κ2) is 7.25. The van der Waals surface area contributed by atoms with Crippen LogP contribution in [0.1, 0.15) is 34.8 Å². The normalized spacial score (nSPS) is 16.7. The maximum Gasteiger partial charge on any atom is 0.257 e. The number of methoxy groups -OCH3 is 1. The Morgan fingerprint density at radius 3 is 2.73 bits per heavy atom. The number of thiophene rings is 1. The Kier molecular flexibility index (Phi) is 4.67. The first-order valence-electron chi connectivity index (χ1n) is 8.57. The Labute approximate surface area is 156 Å².